The van der Waals surface area contributed by atoms with Crippen LogP contribution in [-0.2, 0) is 0 Å². The van der Waals surface area contributed by atoms with Gasteiger partial charge in [0.25, 0.3) is 0 Å². The third kappa shape index (κ3) is 2.73. The fourth-order valence-electron chi connectivity index (χ4n) is 4.81. The third-order valence-corrected chi connectivity index (χ3v) is 6.48. The molecule has 14 radical (unpaired) electrons. The molecule has 0 fully saturated rings. The molecular weight excluding hydrogens is 376 g/mol. The van der Waals surface area contributed by atoms with Crippen molar-refractivity contribution in [3.8, 4) is 11.1 Å². The average Bonchev–Trinajstić information content (AvgIpc) is 2.80. The van der Waals surface area contributed by atoms with E-state index in [0.29, 0.717) is 27.3 Å². The molecule has 0 bridgehead atoms. The highest BCUT2D eigenvalue weighted by Gasteiger charge is 2.21. The molecule has 0 amide bonds. The SMILES string of the molecule is [B]c1c([B])c([B])c2c([B])c(-c3c4ccccc4c(C)c4ccccc34)c([B])c([B])c2c1[B]. The molecule has 0 aliphatic rings. The molecule has 0 aliphatic carbocycles. The number of rotatable bonds is 1. The summed E-state index contributed by atoms with van der Waals surface area (Å²) in [6.45, 7) is 2.11. The molecule has 7 heteroatoms. The van der Waals surface area contributed by atoms with Gasteiger partial charge in [-0.2, -0.15) is 0 Å². The fraction of sp³-hybridized carbons (Fsp3) is 0.0400. The summed E-state index contributed by atoms with van der Waals surface area (Å²) < 4.78 is 0. The van der Waals surface area contributed by atoms with Gasteiger partial charge >= 0.3 is 0 Å². The van der Waals surface area contributed by atoms with Gasteiger partial charge in [-0.25, -0.2) is 0 Å². The molecule has 0 spiro atoms. The monoisotopic (exact) mass is 388 g/mol. The number of benzene rings is 5. The lowest BCUT2D eigenvalue weighted by Crippen LogP contribution is -2.52. The van der Waals surface area contributed by atoms with Crippen molar-refractivity contribution in [1.82, 2.24) is 0 Å². The van der Waals surface area contributed by atoms with E-state index < -0.39 is 0 Å². The Hall–Kier alpha value is -2.67. The van der Waals surface area contributed by atoms with Crippen LogP contribution in [0.1, 0.15) is 5.56 Å². The quantitative estimate of drug-likeness (QED) is 0.247. The van der Waals surface area contributed by atoms with Gasteiger partial charge in [-0.15, -0.1) is 10.9 Å². The molecule has 0 nitrogen and oxygen atoms in total. The van der Waals surface area contributed by atoms with E-state index in [-0.39, 0.29) is 27.3 Å². The van der Waals surface area contributed by atoms with Gasteiger partial charge in [0, 0.05) is 0 Å². The Balaban J connectivity index is 2.10. The lowest BCUT2D eigenvalue weighted by molar-refractivity contribution is 1.58. The topological polar surface area (TPSA) is 0 Å². The molecule has 0 aliphatic heterocycles. The molecule has 0 aromatic heterocycles. The van der Waals surface area contributed by atoms with Crippen LogP contribution in [0.25, 0.3) is 43.4 Å². The summed E-state index contributed by atoms with van der Waals surface area (Å²) in [5.41, 5.74) is 4.42. The second kappa shape index (κ2) is 7.44. The van der Waals surface area contributed by atoms with Crippen molar-refractivity contribution in [2.24, 2.45) is 0 Å². The maximum absolute atomic E-state index is 6.76. The average molecular weight is 387 g/mol. The summed E-state index contributed by atoms with van der Waals surface area (Å²) in [6, 6.07) is 16.3. The highest BCUT2D eigenvalue weighted by Crippen LogP contribution is 2.37. The first-order chi connectivity index (χ1) is 15.3. The highest BCUT2D eigenvalue weighted by molar-refractivity contribution is 6.72. The van der Waals surface area contributed by atoms with E-state index in [9.17, 15) is 0 Å². The number of hydrogen-bond acceptors (Lipinski definition) is 0. The van der Waals surface area contributed by atoms with E-state index in [4.69, 9.17) is 54.9 Å². The molecule has 5 aromatic carbocycles. The van der Waals surface area contributed by atoms with Crippen molar-refractivity contribution in [2.45, 2.75) is 6.92 Å². The molecular formula is C25H11B7. The van der Waals surface area contributed by atoms with Gasteiger partial charge in [-0.05, 0) is 55.9 Å². The van der Waals surface area contributed by atoms with Crippen molar-refractivity contribution < 1.29 is 0 Å². The van der Waals surface area contributed by atoms with Crippen molar-refractivity contribution in [2.75, 3.05) is 0 Å². The van der Waals surface area contributed by atoms with Crippen LogP contribution < -0.4 is 38.2 Å². The summed E-state index contributed by atoms with van der Waals surface area (Å²) in [6.07, 6.45) is 0. The van der Waals surface area contributed by atoms with E-state index in [1.807, 2.05) is 24.3 Å². The Morgan fingerprint density at radius 2 is 0.781 bits per heavy atom. The maximum Gasteiger partial charge on any atom is 0.115 e. The molecule has 0 saturated heterocycles. The maximum atomic E-state index is 6.76. The minimum absolute atomic E-state index is 0.166. The molecule has 0 saturated carbocycles. The van der Waals surface area contributed by atoms with Crippen molar-refractivity contribution in [3.63, 3.8) is 0 Å². The molecule has 32 heavy (non-hydrogen) atoms. The van der Waals surface area contributed by atoms with E-state index >= 15 is 0 Å². The first-order valence-electron chi connectivity index (χ1n) is 10.2. The van der Waals surface area contributed by atoms with Gasteiger partial charge in [0.1, 0.15) is 54.9 Å². The number of hydrogen-bond donors (Lipinski definition) is 0. The minimum atomic E-state index is 0.166. The predicted molar refractivity (Wildman–Crippen MR) is 147 cm³/mol. The lowest BCUT2D eigenvalue weighted by Gasteiger charge is -2.26. The van der Waals surface area contributed by atoms with E-state index in [1.165, 1.54) is 5.56 Å². The Bertz CT molecular complexity index is 1550. The predicted octanol–water partition coefficient (Wildman–Crippen LogP) is -1.32. The lowest BCUT2D eigenvalue weighted by atomic mass is 9.58. The van der Waals surface area contributed by atoms with Crippen molar-refractivity contribution in [1.29, 1.82) is 0 Å². The molecule has 5 aromatic rings. The zero-order valence-electron chi connectivity index (χ0n) is 17.7. The summed E-state index contributed by atoms with van der Waals surface area (Å²) in [7, 11) is 44.8. The molecule has 0 heterocycles. The molecule has 0 unspecified atom stereocenters. The van der Waals surface area contributed by atoms with Crippen LogP contribution in [0.4, 0.5) is 0 Å². The van der Waals surface area contributed by atoms with Crippen molar-refractivity contribution >= 4 is 125 Å². The molecule has 132 valence electrons. The van der Waals surface area contributed by atoms with Gasteiger partial charge in [0.05, 0.1) is 0 Å². The molecule has 0 atom stereocenters. The Labute approximate surface area is 197 Å². The fourth-order valence-corrected chi connectivity index (χ4v) is 4.81. The largest absolute Gasteiger partial charge is 0.115 e. The first-order valence-corrected chi connectivity index (χ1v) is 10.2. The molecule has 5 rings (SSSR count). The molecule has 0 N–H and O–H groups in total. The van der Waals surface area contributed by atoms with E-state index in [1.54, 1.807) is 0 Å². The summed E-state index contributed by atoms with van der Waals surface area (Å²) in [5.74, 6) is 0. The van der Waals surface area contributed by atoms with Gasteiger partial charge in [0.15, 0.2) is 0 Å². The van der Waals surface area contributed by atoms with Gasteiger partial charge in [0.2, 0.25) is 0 Å². The van der Waals surface area contributed by atoms with E-state index in [0.717, 1.165) is 27.1 Å². The second-order valence-corrected chi connectivity index (χ2v) is 8.11. The summed E-state index contributed by atoms with van der Waals surface area (Å²) >= 11 is 0. The Morgan fingerprint density at radius 3 is 1.25 bits per heavy atom. The third-order valence-electron chi connectivity index (χ3n) is 6.48. The van der Waals surface area contributed by atoms with E-state index in [2.05, 4.69) is 31.2 Å². The van der Waals surface area contributed by atoms with Crippen LogP contribution in [0, 0.1) is 6.92 Å². The zero-order chi connectivity index (χ0) is 22.9. The van der Waals surface area contributed by atoms with Crippen LogP contribution >= 0.6 is 0 Å². The van der Waals surface area contributed by atoms with Crippen LogP contribution in [0.3, 0.4) is 0 Å². The Kier molecular flexibility index (Phi) is 4.93. The standard InChI is InChI=1S/C25H11B7/c1-10-11-6-2-4-8-13(11)15(14-9-5-3-7-12(10)14)16-19(26)17-18(21(28)20(16)27)23(30)25(32)24(31)22(17)29/h2-9H,1H3. The number of aryl methyl sites for hydroxylation is 1. The normalized spacial score (nSPS) is 11.5. The summed E-state index contributed by atoms with van der Waals surface area (Å²) in [4.78, 5) is 0. The number of fused-ring (bicyclic) bond motifs is 3. The summed E-state index contributed by atoms with van der Waals surface area (Å²) in [5, 5.41) is 5.11. The Morgan fingerprint density at radius 1 is 0.406 bits per heavy atom. The minimum Gasteiger partial charge on any atom is -0.110 e. The van der Waals surface area contributed by atoms with Gasteiger partial charge < -0.3 is 0 Å². The smallest absolute Gasteiger partial charge is 0.110 e. The van der Waals surface area contributed by atoms with Crippen LogP contribution in [0.2, 0.25) is 0 Å². The van der Waals surface area contributed by atoms with Crippen LogP contribution in [0.15, 0.2) is 48.5 Å². The zero-order valence-corrected chi connectivity index (χ0v) is 17.7. The van der Waals surface area contributed by atoms with Gasteiger partial charge in [-0.1, -0.05) is 75.8 Å². The highest BCUT2D eigenvalue weighted by atomic mass is 14.2. The second-order valence-electron chi connectivity index (χ2n) is 8.11. The van der Waals surface area contributed by atoms with Crippen molar-refractivity contribution in [3.05, 3.63) is 54.1 Å². The van der Waals surface area contributed by atoms with Crippen LogP contribution in [-0.4, -0.2) is 54.9 Å². The van der Waals surface area contributed by atoms with Crippen LogP contribution in [0.5, 0.6) is 0 Å². The first kappa shape index (κ1) is 21.2. The van der Waals surface area contributed by atoms with Gasteiger partial charge in [-0.3, -0.25) is 0 Å².